The van der Waals surface area contributed by atoms with Crippen molar-refractivity contribution in [2.24, 2.45) is 5.92 Å². The summed E-state index contributed by atoms with van der Waals surface area (Å²) in [5.41, 5.74) is 5.64. The number of hydrogen-bond acceptors (Lipinski definition) is 2. The molecule has 0 spiro atoms. The van der Waals surface area contributed by atoms with Crippen molar-refractivity contribution in [3.8, 4) is 28.0 Å². The number of aromatic carboxylic acids is 1. The Morgan fingerprint density at radius 1 is 0.800 bits per heavy atom. The summed E-state index contributed by atoms with van der Waals surface area (Å²) in [4.78, 5) is 11.7. The van der Waals surface area contributed by atoms with Gasteiger partial charge in [-0.15, -0.1) is 0 Å². The van der Waals surface area contributed by atoms with Crippen molar-refractivity contribution in [2.45, 2.75) is 72.1 Å². The molecule has 3 rings (SSSR count). The zero-order valence-electron chi connectivity index (χ0n) is 21.6. The molecule has 3 aromatic carbocycles. The van der Waals surface area contributed by atoms with E-state index >= 15 is 0 Å². The molecule has 0 aliphatic rings. The van der Waals surface area contributed by atoms with Gasteiger partial charge in [0.1, 0.15) is 5.75 Å². The third kappa shape index (κ3) is 7.99. The van der Waals surface area contributed by atoms with E-state index in [0.29, 0.717) is 11.5 Å². The van der Waals surface area contributed by atoms with E-state index in [-0.39, 0.29) is 0 Å². The van der Waals surface area contributed by atoms with Crippen LogP contribution >= 0.6 is 0 Å². The van der Waals surface area contributed by atoms with E-state index in [1.165, 1.54) is 37.7 Å². The summed E-state index contributed by atoms with van der Waals surface area (Å²) in [6.45, 7) is 7.46. The van der Waals surface area contributed by atoms with Crippen LogP contribution in [0.4, 0.5) is 0 Å². The van der Waals surface area contributed by atoms with Crippen LogP contribution in [0.3, 0.4) is 0 Å². The van der Waals surface area contributed by atoms with Crippen molar-refractivity contribution in [3.05, 3.63) is 77.9 Å². The second-order valence-electron chi connectivity index (χ2n) is 9.62. The first-order valence-electron chi connectivity index (χ1n) is 13.2. The van der Waals surface area contributed by atoms with Crippen molar-refractivity contribution in [1.82, 2.24) is 0 Å². The minimum atomic E-state index is -0.912. The van der Waals surface area contributed by atoms with Crippen LogP contribution in [-0.2, 0) is 6.42 Å². The molecule has 0 bridgehead atoms. The van der Waals surface area contributed by atoms with Crippen LogP contribution in [-0.4, -0.2) is 17.7 Å². The highest BCUT2D eigenvalue weighted by molar-refractivity contribution is 5.93. The summed E-state index contributed by atoms with van der Waals surface area (Å²) in [6.07, 6.45) is 9.70. The summed E-state index contributed by atoms with van der Waals surface area (Å²) < 4.78 is 5.95. The molecule has 0 aliphatic heterocycles. The fraction of sp³-hybridized carbons (Fsp3) is 0.406. The Balaban J connectivity index is 1.75. The molecule has 1 N–H and O–H groups in total. The second-order valence-corrected chi connectivity index (χ2v) is 9.62. The molecule has 186 valence electrons. The Morgan fingerprint density at radius 3 is 2.09 bits per heavy atom. The van der Waals surface area contributed by atoms with E-state index in [1.807, 2.05) is 18.2 Å². The highest BCUT2D eigenvalue weighted by Gasteiger charge is 2.13. The molecule has 35 heavy (non-hydrogen) atoms. The fourth-order valence-corrected chi connectivity index (χ4v) is 4.34. The van der Waals surface area contributed by atoms with E-state index < -0.39 is 5.97 Å². The molecule has 3 nitrogen and oxygen atoms in total. The van der Waals surface area contributed by atoms with Crippen LogP contribution in [0.5, 0.6) is 5.75 Å². The Kier molecular flexibility index (Phi) is 10.4. The predicted molar refractivity (Wildman–Crippen MR) is 146 cm³/mol. The van der Waals surface area contributed by atoms with E-state index in [4.69, 9.17) is 4.74 Å². The molecule has 0 saturated carbocycles. The topological polar surface area (TPSA) is 46.5 Å². The maximum Gasteiger partial charge on any atom is 0.335 e. The largest absolute Gasteiger partial charge is 0.494 e. The van der Waals surface area contributed by atoms with E-state index in [2.05, 4.69) is 57.2 Å². The molecule has 3 aromatic rings. The first-order chi connectivity index (χ1) is 17.0. The molecule has 0 saturated heterocycles. The third-order valence-corrected chi connectivity index (χ3v) is 6.74. The van der Waals surface area contributed by atoms with Gasteiger partial charge in [-0.3, -0.25) is 0 Å². The summed E-state index contributed by atoms with van der Waals surface area (Å²) in [7, 11) is 0. The number of benzene rings is 3. The monoisotopic (exact) mass is 472 g/mol. The van der Waals surface area contributed by atoms with Gasteiger partial charge in [-0.1, -0.05) is 102 Å². The normalized spacial score (nSPS) is 11.9. The molecule has 0 fully saturated rings. The Morgan fingerprint density at radius 2 is 1.43 bits per heavy atom. The molecule has 0 amide bonds. The van der Waals surface area contributed by atoms with Crippen molar-refractivity contribution in [3.63, 3.8) is 0 Å². The molecule has 0 radical (unpaired) electrons. The smallest absolute Gasteiger partial charge is 0.335 e. The third-order valence-electron chi connectivity index (χ3n) is 6.74. The number of carboxylic acids is 1. The number of ether oxygens (including phenoxy) is 1. The lowest BCUT2D eigenvalue weighted by atomic mass is 9.91. The van der Waals surface area contributed by atoms with Crippen LogP contribution in [0.2, 0.25) is 0 Å². The van der Waals surface area contributed by atoms with E-state index in [9.17, 15) is 9.90 Å². The van der Waals surface area contributed by atoms with E-state index in [0.717, 1.165) is 53.9 Å². The average Bonchev–Trinajstić information content (AvgIpc) is 2.88. The lowest BCUT2D eigenvalue weighted by Crippen LogP contribution is -1.99. The van der Waals surface area contributed by atoms with Crippen molar-refractivity contribution >= 4 is 5.97 Å². The van der Waals surface area contributed by atoms with Gasteiger partial charge in [0.25, 0.3) is 0 Å². The summed E-state index contributed by atoms with van der Waals surface area (Å²) in [5, 5.41) is 9.57. The number of hydrogen-bond donors (Lipinski definition) is 1. The highest BCUT2D eigenvalue weighted by atomic mass is 16.5. The molecule has 0 heterocycles. The molecular weight excluding hydrogens is 432 g/mol. The minimum Gasteiger partial charge on any atom is -0.494 e. The molecule has 1 atom stereocenters. The minimum absolute atomic E-state index is 0.298. The SMILES string of the molecule is CCCCCCCCOc1ccc(-c2ccc(C(=O)O)cc2-c2ccc(CC(C)CC)cc2)cc1. The quantitative estimate of drug-likeness (QED) is 0.238. The van der Waals surface area contributed by atoms with Crippen molar-refractivity contribution in [1.29, 1.82) is 0 Å². The van der Waals surface area contributed by atoms with Gasteiger partial charge in [-0.05, 0) is 70.8 Å². The van der Waals surface area contributed by atoms with Gasteiger partial charge >= 0.3 is 5.97 Å². The zero-order chi connectivity index (χ0) is 25.0. The number of carboxylic acid groups (broad SMARTS) is 1. The lowest BCUT2D eigenvalue weighted by molar-refractivity contribution is 0.0697. The standard InChI is InChI=1S/C32H40O3/c1-4-6-7-8-9-10-21-35-29-18-15-26(16-19-29)30-20-17-28(32(33)34)23-31(30)27-13-11-25(12-14-27)22-24(3)5-2/h11-20,23-24H,4-10,21-22H2,1-3H3,(H,33,34). The first kappa shape index (κ1) is 26.5. The molecule has 0 aliphatic carbocycles. The van der Waals surface area contributed by atoms with Gasteiger partial charge in [0, 0.05) is 0 Å². The van der Waals surface area contributed by atoms with Crippen molar-refractivity contribution in [2.75, 3.05) is 6.61 Å². The van der Waals surface area contributed by atoms with Crippen molar-refractivity contribution < 1.29 is 14.6 Å². The Labute approximate surface area is 211 Å². The molecule has 3 heteroatoms. The lowest BCUT2D eigenvalue weighted by Gasteiger charge is -2.14. The van der Waals surface area contributed by atoms with Crippen LogP contribution in [0.15, 0.2) is 66.7 Å². The average molecular weight is 473 g/mol. The number of rotatable bonds is 14. The van der Waals surface area contributed by atoms with Crippen LogP contribution in [0.25, 0.3) is 22.3 Å². The summed E-state index contributed by atoms with van der Waals surface area (Å²) >= 11 is 0. The second kappa shape index (κ2) is 13.7. The van der Waals surface area contributed by atoms with Gasteiger partial charge in [0.15, 0.2) is 0 Å². The van der Waals surface area contributed by atoms with Crippen LogP contribution in [0.1, 0.15) is 81.6 Å². The van der Waals surface area contributed by atoms with Crippen LogP contribution < -0.4 is 4.74 Å². The molecular formula is C32H40O3. The summed E-state index contributed by atoms with van der Waals surface area (Å²) in [5.74, 6) is 0.610. The van der Waals surface area contributed by atoms with Gasteiger partial charge in [0.2, 0.25) is 0 Å². The van der Waals surface area contributed by atoms with Crippen LogP contribution in [0, 0.1) is 5.92 Å². The summed E-state index contributed by atoms with van der Waals surface area (Å²) in [6, 6.07) is 22.1. The van der Waals surface area contributed by atoms with Gasteiger partial charge in [-0.25, -0.2) is 4.79 Å². The predicted octanol–water partition coefficient (Wildman–Crippen LogP) is 9.05. The maximum atomic E-state index is 11.7. The maximum absolute atomic E-state index is 11.7. The highest BCUT2D eigenvalue weighted by Crippen LogP contribution is 2.34. The Bertz CT molecular complexity index is 1050. The molecule has 1 unspecified atom stereocenters. The Hall–Kier alpha value is -3.07. The first-order valence-corrected chi connectivity index (χ1v) is 13.2. The zero-order valence-corrected chi connectivity index (χ0v) is 21.6. The number of carbonyl (C=O) groups is 1. The van der Waals surface area contributed by atoms with E-state index in [1.54, 1.807) is 12.1 Å². The fourth-order valence-electron chi connectivity index (χ4n) is 4.34. The van der Waals surface area contributed by atoms with Gasteiger partial charge in [0.05, 0.1) is 12.2 Å². The van der Waals surface area contributed by atoms with Gasteiger partial charge < -0.3 is 9.84 Å². The van der Waals surface area contributed by atoms with Gasteiger partial charge in [-0.2, -0.15) is 0 Å². The molecule has 0 aromatic heterocycles. The number of unbranched alkanes of at least 4 members (excludes halogenated alkanes) is 5.